The zero-order chi connectivity index (χ0) is 21.9. The van der Waals surface area contributed by atoms with Gasteiger partial charge in [0, 0.05) is 18.7 Å². The number of benzene rings is 2. The van der Waals surface area contributed by atoms with E-state index in [0.717, 1.165) is 34.6 Å². The molecular formula is C19H18F4N2O4S. The van der Waals surface area contributed by atoms with E-state index in [4.69, 9.17) is 4.84 Å². The molecule has 1 amide bonds. The van der Waals surface area contributed by atoms with Gasteiger partial charge < -0.3 is 0 Å². The summed E-state index contributed by atoms with van der Waals surface area (Å²) in [6.45, 7) is 0.0470. The molecule has 6 nitrogen and oxygen atoms in total. The molecule has 1 aliphatic rings. The summed E-state index contributed by atoms with van der Waals surface area (Å²) in [5.41, 5.74) is 1.40. The van der Waals surface area contributed by atoms with E-state index in [9.17, 15) is 30.8 Å². The number of nitrogens with zero attached hydrogens (tertiary/aromatic N) is 1. The van der Waals surface area contributed by atoms with Crippen LogP contribution in [0, 0.1) is 5.82 Å². The molecule has 0 radical (unpaired) electrons. The van der Waals surface area contributed by atoms with Gasteiger partial charge in [-0.3, -0.25) is 9.63 Å². The summed E-state index contributed by atoms with van der Waals surface area (Å²) in [6, 6.07) is 8.44. The number of carbonyl (C=O) groups excluding carboxylic acids is 1. The smallest absolute Gasteiger partial charge is 0.270 e. The van der Waals surface area contributed by atoms with Gasteiger partial charge in [-0.05, 0) is 55.3 Å². The minimum Gasteiger partial charge on any atom is -0.270 e. The van der Waals surface area contributed by atoms with Crippen LogP contribution < -0.4 is 5.48 Å². The molecule has 1 fully saturated rings. The molecule has 0 saturated carbocycles. The van der Waals surface area contributed by atoms with Crippen molar-refractivity contribution in [1.82, 2.24) is 9.79 Å². The van der Waals surface area contributed by atoms with Gasteiger partial charge in [0.2, 0.25) is 10.0 Å². The predicted octanol–water partition coefficient (Wildman–Crippen LogP) is 3.36. The van der Waals surface area contributed by atoms with Crippen LogP contribution in [0.15, 0.2) is 53.4 Å². The van der Waals surface area contributed by atoms with Crippen LogP contribution in [-0.2, 0) is 21.0 Å². The van der Waals surface area contributed by atoms with Crippen molar-refractivity contribution in [2.24, 2.45) is 0 Å². The molecule has 162 valence electrons. The van der Waals surface area contributed by atoms with Crippen LogP contribution in [0.3, 0.4) is 0 Å². The third-order valence-corrected chi connectivity index (χ3v) is 6.52. The minimum absolute atomic E-state index is 0.0235. The highest BCUT2D eigenvalue weighted by Gasteiger charge is 2.34. The van der Waals surface area contributed by atoms with E-state index in [1.807, 2.05) is 0 Å². The Morgan fingerprint density at radius 3 is 2.30 bits per heavy atom. The van der Waals surface area contributed by atoms with Gasteiger partial charge in [0.15, 0.2) is 0 Å². The van der Waals surface area contributed by atoms with Crippen LogP contribution >= 0.6 is 0 Å². The van der Waals surface area contributed by atoms with Gasteiger partial charge in [0.25, 0.3) is 5.91 Å². The lowest BCUT2D eigenvalue weighted by Gasteiger charge is -2.30. The van der Waals surface area contributed by atoms with E-state index in [-0.39, 0.29) is 31.5 Å². The second kappa shape index (κ2) is 8.70. The van der Waals surface area contributed by atoms with Gasteiger partial charge >= 0.3 is 6.18 Å². The van der Waals surface area contributed by atoms with Crippen molar-refractivity contribution >= 4 is 15.9 Å². The number of amides is 1. The third kappa shape index (κ3) is 5.15. The number of halogens is 4. The summed E-state index contributed by atoms with van der Waals surface area (Å²) < 4.78 is 77.9. The first-order chi connectivity index (χ1) is 14.1. The van der Waals surface area contributed by atoms with Gasteiger partial charge in [0.05, 0.1) is 16.6 Å². The van der Waals surface area contributed by atoms with Crippen LogP contribution in [0.25, 0.3) is 0 Å². The van der Waals surface area contributed by atoms with Crippen molar-refractivity contribution in [3.8, 4) is 0 Å². The molecule has 0 unspecified atom stereocenters. The number of carbonyl (C=O) groups is 1. The maximum Gasteiger partial charge on any atom is 0.416 e. The summed E-state index contributed by atoms with van der Waals surface area (Å²) in [5, 5.41) is 0. The van der Waals surface area contributed by atoms with E-state index in [1.54, 1.807) is 0 Å². The fraction of sp³-hybridized carbons (Fsp3) is 0.316. The van der Waals surface area contributed by atoms with Crippen LogP contribution in [0.1, 0.15) is 28.8 Å². The minimum atomic E-state index is -4.64. The highest BCUT2D eigenvalue weighted by molar-refractivity contribution is 7.89. The molecule has 1 N–H and O–H groups in total. The lowest BCUT2D eigenvalue weighted by molar-refractivity contribution is -0.137. The average molecular weight is 446 g/mol. The van der Waals surface area contributed by atoms with Gasteiger partial charge in [-0.15, -0.1) is 0 Å². The van der Waals surface area contributed by atoms with Crippen LogP contribution in [0.5, 0.6) is 0 Å². The highest BCUT2D eigenvalue weighted by atomic mass is 32.2. The van der Waals surface area contributed by atoms with Gasteiger partial charge in [-0.1, -0.05) is 6.07 Å². The number of alkyl halides is 3. The summed E-state index contributed by atoms with van der Waals surface area (Å²) in [7, 11) is -4.09. The Morgan fingerprint density at radius 1 is 1.07 bits per heavy atom. The number of hydrogen-bond donors (Lipinski definition) is 1. The molecule has 2 aromatic carbocycles. The van der Waals surface area contributed by atoms with Crippen molar-refractivity contribution in [3.63, 3.8) is 0 Å². The molecule has 0 spiro atoms. The van der Waals surface area contributed by atoms with Gasteiger partial charge in [-0.25, -0.2) is 18.3 Å². The number of rotatable bonds is 5. The molecule has 30 heavy (non-hydrogen) atoms. The third-order valence-electron chi connectivity index (χ3n) is 4.62. The van der Waals surface area contributed by atoms with Gasteiger partial charge in [0.1, 0.15) is 5.82 Å². The zero-order valence-electron chi connectivity index (χ0n) is 15.5. The summed E-state index contributed by atoms with van der Waals surface area (Å²) in [4.78, 5) is 16.8. The van der Waals surface area contributed by atoms with Crippen molar-refractivity contribution in [3.05, 3.63) is 65.5 Å². The molecule has 3 rings (SSSR count). The molecule has 1 aliphatic heterocycles. The topological polar surface area (TPSA) is 75.7 Å². The second-order valence-electron chi connectivity index (χ2n) is 6.68. The first-order valence-electron chi connectivity index (χ1n) is 8.96. The first-order valence-corrected chi connectivity index (χ1v) is 10.4. The SMILES string of the molecule is O=C(NOC1CCN(S(=O)(=O)c2cccc(C(F)(F)F)c2)CC1)c1ccc(F)cc1. The lowest BCUT2D eigenvalue weighted by Crippen LogP contribution is -2.42. The summed E-state index contributed by atoms with van der Waals surface area (Å²) in [6.07, 6.45) is -4.64. The number of piperidine rings is 1. The normalized spacial score (nSPS) is 16.4. The fourth-order valence-corrected chi connectivity index (χ4v) is 4.49. The van der Waals surface area contributed by atoms with E-state index in [0.29, 0.717) is 6.07 Å². The van der Waals surface area contributed by atoms with E-state index >= 15 is 0 Å². The molecule has 0 aliphatic carbocycles. The average Bonchev–Trinajstić information content (AvgIpc) is 2.72. The molecular weight excluding hydrogens is 428 g/mol. The Hall–Kier alpha value is -2.50. The maximum atomic E-state index is 12.9. The Bertz CT molecular complexity index is 1000. The molecule has 11 heteroatoms. The largest absolute Gasteiger partial charge is 0.416 e. The monoisotopic (exact) mass is 446 g/mol. The van der Waals surface area contributed by atoms with Crippen molar-refractivity contribution in [2.75, 3.05) is 13.1 Å². The number of nitrogens with one attached hydrogen (secondary N) is 1. The quantitative estimate of drug-likeness (QED) is 0.565. The van der Waals surface area contributed by atoms with Crippen LogP contribution in [-0.4, -0.2) is 37.8 Å². The van der Waals surface area contributed by atoms with Crippen LogP contribution in [0.4, 0.5) is 17.6 Å². The highest BCUT2D eigenvalue weighted by Crippen LogP contribution is 2.31. The van der Waals surface area contributed by atoms with E-state index in [2.05, 4.69) is 5.48 Å². The van der Waals surface area contributed by atoms with E-state index < -0.39 is 44.5 Å². The Kier molecular flexibility index (Phi) is 6.44. The Morgan fingerprint density at radius 2 is 1.70 bits per heavy atom. The standard InChI is InChI=1S/C19H18F4N2O4S/c20-15-6-4-13(5-7-15)18(26)24-29-16-8-10-25(11-9-16)30(27,28)17-3-1-2-14(12-17)19(21,22)23/h1-7,12,16H,8-11H2,(H,24,26). The molecule has 1 saturated heterocycles. The maximum absolute atomic E-state index is 12.9. The molecule has 2 aromatic rings. The molecule has 0 aromatic heterocycles. The zero-order valence-corrected chi connectivity index (χ0v) is 16.3. The summed E-state index contributed by atoms with van der Waals surface area (Å²) in [5.74, 6) is -1.06. The summed E-state index contributed by atoms with van der Waals surface area (Å²) >= 11 is 0. The second-order valence-corrected chi connectivity index (χ2v) is 8.62. The predicted molar refractivity (Wildman–Crippen MR) is 98.2 cm³/mol. The van der Waals surface area contributed by atoms with Crippen molar-refractivity contribution in [1.29, 1.82) is 0 Å². The molecule has 0 bridgehead atoms. The van der Waals surface area contributed by atoms with Crippen molar-refractivity contribution < 1.29 is 35.6 Å². The Balaban J connectivity index is 1.57. The van der Waals surface area contributed by atoms with Crippen LogP contribution in [0.2, 0.25) is 0 Å². The molecule has 1 heterocycles. The van der Waals surface area contributed by atoms with Crippen molar-refractivity contribution in [2.45, 2.75) is 30.0 Å². The Labute approximate surface area is 170 Å². The molecule has 0 atom stereocenters. The van der Waals surface area contributed by atoms with E-state index in [1.165, 1.54) is 12.1 Å². The number of hydroxylamine groups is 1. The lowest BCUT2D eigenvalue weighted by atomic mass is 10.1. The number of sulfonamides is 1. The first kappa shape index (κ1) is 22.2. The van der Waals surface area contributed by atoms with Gasteiger partial charge in [-0.2, -0.15) is 17.5 Å². The number of hydrogen-bond acceptors (Lipinski definition) is 4. The fourth-order valence-electron chi connectivity index (χ4n) is 2.97.